The van der Waals surface area contributed by atoms with Gasteiger partial charge in [0.25, 0.3) is 0 Å². The molecule has 1 N–H and O–H groups in total. The summed E-state index contributed by atoms with van der Waals surface area (Å²) in [6, 6.07) is 8.31. The highest BCUT2D eigenvalue weighted by atomic mass is 35.5. The van der Waals surface area contributed by atoms with E-state index in [1.54, 1.807) is 0 Å². The molecule has 2 aliphatic rings. The Labute approximate surface area is 121 Å². The van der Waals surface area contributed by atoms with Crippen LogP contribution in [0, 0.1) is 5.41 Å². The largest absolute Gasteiger partial charge is 0.316 e. The van der Waals surface area contributed by atoms with Crippen molar-refractivity contribution in [3.05, 3.63) is 34.9 Å². The first kappa shape index (κ1) is 13.4. The molecule has 0 aliphatic carbocycles. The topological polar surface area (TPSA) is 15.3 Å². The maximum Gasteiger partial charge on any atom is 0.0406 e. The lowest BCUT2D eigenvalue weighted by molar-refractivity contribution is 0.0601. The molecule has 2 aliphatic heterocycles. The molecular weight excluding hydrogens is 256 g/mol. The number of halogens is 1. The van der Waals surface area contributed by atoms with Crippen LogP contribution in [-0.4, -0.2) is 31.1 Å². The Bertz CT molecular complexity index is 404. The molecule has 19 heavy (non-hydrogen) atoms. The van der Waals surface area contributed by atoms with E-state index in [-0.39, 0.29) is 0 Å². The fraction of sp³-hybridized carbons (Fsp3) is 0.625. The molecule has 1 unspecified atom stereocenters. The summed E-state index contributed by atoms with van der Waals surface area (Å²) in [5, 5.41) is 4.42. The van der Waals surface area contributed by atoms with Crippen molar-refractivity contribution in [3.8, 4) is 0 Å². The summed E-state index contributed by atoms with van der Waals surface area (Å²) in [7, 11) is 0. The number of rotatable bonds is 2. The van der Waals surface area contributed by atoms with Crippen LogP contribution in [-0.2, 0) is 6.54 Å². The molecule has 1 aromatic carbocycles. The Hall–Kier alpha value is -0.570. The van der Waals surface area contributed by atoms with E-state index in [2.05, 4.69) is 22.3 Å². The highest BCUT2D eigenvalue weighted by Gasteiger charge is 2.36. The Morgan fingerprint density at radius 1 is 1.16 bits per heavy atom. The zero-order chi connectivity index (χ0) is 13.1. The molecule has 2 nitrogen and oxygen atoms in total. The van der Waals surface area contributed by atoms with Gasteiger partial charge >= 0.3 is 0 Å². The average molecular weight is 279 g/mol. The Morgan fingerprint density at radius 2 is 1.95 bits per heavy atom. The van der Waals surface area contributed by atoms with Gasteiger partial charge in [-0.05, 0) is 61.9 Å². The lowest BCUT2D eigenvalue weighted by Gasteiger charge is -2.45. The first-order chi connectivity index (χ1) is 9.26. The summed E-state index contributed by atoms with van der Waals surface area (Å²) in [6.45, 7) is 5.98. The van der Waals surface area contributed by atoms with Gasteiger partial charge in [-0.1, -0.05) is 23.7 Å². The van der Waals surface area contributed by atoms with Crippen LogP contribution in [0.1, 0.15) is 31.2 Å². The molecule has 0 amide bonds. The fourth-order valence-corrected chi connectivity index (χ4v) is 3.80. The number of nitrogens with zero attached hydrogens (tertiary/aromatic N) is 1. The number of likely N-dealkylation sites (tertiary alicyclic amines) is 1. The van der Waals surface area contributed by atoms with E-state index in [0.29, 0.717) is 5.41 Å². The summed E-state index contributed by atoms with van der Waals surface area (Å²) in [5.41, 5.74) is 1.92. The third kappa shape index (κ3) is 3.31. The van der Waals surface area contributed by atoms with Crippen molar-refractivity contribution < 1.29 is 0 Å². The van der Waals surface area contributed by atoms with E-state index >= 15 is 0 Å². The molecule has 0 radical (unpaired) electrons. The zero-order valence-corrected chi connectivity index (χ0v) is 12.3. The summed E-state index contributed by atoms with van der Waals surface area (Å²) in [5.74, 6) is 0. The van der Waals surface area contributed by atoms with Gasteiger partial charge in [0.05, 0.1) is 0 Å². The monoisotopic (exact) mass is 278 g/mol. The van der Waals surface area contributed by atoms with Gasteiger partial charge in [0.1, 0.15) is 0 Å². The molecule has 2 heterocycles. The van der Waals surface area contributed by atoms with E-state index < -0.39 is 0 Å². The van der Waals surface area contributed by atoms with Gasteiger partial charge in [0.15, 0.2) is 0 Å². The van der Waals surface area contributed by atoms with Gasteiger partial charge in [0, 0.05) is 24.7 Å². The summed E-state index contributed by atoms with van der Waals surface area (Å²) in [6.07, 6.45) is 5.48. The van der Waals surface area contributed by atoms with Crippen LogP contribution in [0.4, 0.5) is 0 Å². The van der Waals surface area contributed by atoms with Crippen LogP contribution in [0.15, 0.2) is 24.3 Å². The number of nitrogens with one attached hydrogen (secondary N) is 1. The third-order valence-electron chi connectivity index (χ3n) is 4.62. The molecule has 3 heteroatoms. The number of benzene rings is 1. The number of piperidine rings is 2. The van der Waals surface area contributed by atoms with E-state index in [0.717, 1.165) is 11.6 Å². The third-order valence-corrected chi connectivity index (χ3v) is 4.87. The van der Waals surface area contributed by atoms with Gasteiger partial charge in [-0.25, -0.2) is 0 Å². The zero-order valence-electron chi connectivity index (χ0n) is 11.5. The Balaban J connectivity index is 1.63. The van der Waals surface area contributed by atoms with Crippen molar-refractivity contribution in [2.75, 3.05) is 26.2 Å². The summed E-state index contributed by atoms with van der Waals surface area (Å²) >= 11 is 5.95. The fourth-order valence-electron chi connectivity index (χ4n) is 3.67. The highest BCUT2D eigenvalue weighted by Crippen LogP contribution is 2.36. The van der Waals surface area contributed by atoms with Crippen molar-refractivity contribution >= 4 is 11.6 Å². The number of hydrogen-bond acceptors (Lipinski definition) is 2. The summed E-state index contributed by atoms with van der Waals surface area (Å²) in [4.78, 5) is 2.62. The van der Waals surface area contributed by atoms with Crippen LogP contribution < -0.4 is 5.32 Å². The average Bonchev–Trinajstić information content (AvgIpc) is 2.42. The normalized spacial score (nSPS) is 28.7. The molecule has 1 spiro atoms. The van der Waals surface area contributed by atoms with Crippen molar-refractivity contribution in [2.45, 2.75) is 32.2 Å². The van der Waals surface area contributed by atoms with E-state index in [1.165, 1.54) is 57.4 Å². The first-order valence-electron chi connectivity index (χ1n) is 7.43. The van der Waals surface area contributed by atoms with Gasteiger partial charge in [-0.3, -0.25) is 4.90 Å². The summed E-state index contributed by atoms with van der Waals surface area (Å²) < 4.78 is 0. The quantitative estimate of drug-likeness (QED) is 0.893. The molecule has 0 bridgehead atoms. The van der Waals surface area contributed by atoms with Crippen molar-refractivity contribution in [2.24, 2.45) is 5.41 Å². The molecule has 1 aromatic rings. The van der Waals surface area contributed by atoms with E-state index in [9.17, 15) is 0 Å². The van der Waals surface area contributed by atoms with Crippen LogP contribution in [0.3, 0.4) is 0 Å². The molecule has 104 valence electrons. The van der Waals surface area contributed by atoms with Crippen molar-refractivity contribution in [1.82, 2.24) is 10.2 Å². The van der Waals surface area contributed by atoms with Crippen LogP contribution >= 0.6 is 11.6 Å². The molecule has 2 fully saturated rings. The number of hydrogen-bond donors (Lipinski definition) is 1. The molecule has 3 rings (SSSR count). The van der Waals surface area contributed by atoms with Crippen LogP contribution in [0.25, 0.3) is 0 Å². The molecule has 0 aromatic heterocycles. The minimum atomic E-state index is 0.545. The molecule has 2 saturated heterocycles. The first-order valence-corrected chi connectivity index (χ1v) is 7.81. The molecule has 1 atom stereocenters. The second-order valence-electron chi connectivity index (χ2n) is 6.22. The Kier molecular flexibility index (Phi) is 4.11. The maximum absolute atomic E-state index is 5.95. The van der Waals surface area contributed by atoms with Crippen molar-refractivity contribution in [3.63, 3.8) is 0 Å². The lowest BCUT2D eigenvalue weighted by Crippen LogP contribution is -2.50. The van der Waals surface area contributed by atoms with Gasteiger partial charge in [-0.2, -0.15) is 0 Å². The minimum Gasteiger partial charge on any atom is -0.316 e. The Morgan fingerprint density at radius 3 is 2.68 bits per heavy atom. The van der Waals surface area contributed by atoms with Crippen molar-refractivity contribution in [1.29, 1.82) is 0 Å². The molecular formula is C16H23ClN2. The van der Waals surface area contributed by atoms with Crippen LogP contribution in [0.5, 0.6) is 0 Å². The second-order valence-corrected chi connectivity index (χ2v) is 6.66. The van der Waals surface area contributed by atoms with Gasteiger partial charge in [0.2, 0.25) is 0 Å². The predicted molar refractivity (Wildman–Crippen MR) is 80.5 cm³/mol. The lowest BCUT2D eigenvalue weighted by atomic mass is 9.74. The van der Waals surface area contributed by atoms with E-state index in [1.807, 2.05) is 12.1 Å². The smallest absolute Gasteiger partial charge is 0.0406 e. The maximum atomic E-state index is 5.95. The second kappa shape index (κ2) is 5.82. The van der Waals surface area contributed by atoms with Crippen LogP contribution in [0.2, 0.25) is 5.02 Å². The van der Waals surface area contributed by atoms with Gasteiger partial charge in [-0.15, -0.1) is 0 Å². The predicted octanol–water partition coefficient (Wildman–Crippen LogP) is 3.31. The van der Waals surface area contributed by atoms with E-state index in [4.69, 9.17) is 11.6 Å². The standard InChI is InChI=1S/C16H23ClN2/c17-15-5-3-14(4-6-15)11-19-10-2-8-16(13-19)7-1-9-18-12-16/h3-6,18H,1-2,7-13H2. The minimum absolute atomic E-state index is 0.545. The SMILES string of the molecule is Clc1ccc(CN2CCCC3(CCCNC3)C2)cc1. The van der Waals surface area contributed by atoms with Gasteiger partial charge < -0.3 is 5.32 Å². The highest BCUT2D eigenvalue weighted by molar-refractivity contribution is 6.30. The molecule has 0 saturated carbocycles.